The van der Waals surface area contributed by atoms with Crippen molar-refractivity contribution in [2.75, 3.05) is 11.4 Å². The molecule has 1 amide bonds. The van der Waals surface area contributed by atoms with Crippen molar-refractivity contribution in [1.82, 2.24) is 5.32 Å². The summed E-state index contributed by atoms with van der Waals surface area (Å²) in [7, 11) is -2.16. The average molecular weight is 423 g/mol. The van der Waals surface area contributed by atoms with E-state index in [1.807, 2.05) is 44.2 Å². The second kappa shape index (κ2) is 8.71. The number of hydrogen-bond donors (Lipinski definition) is 1. The van der Waals surface area contributed by atoms with Gasteiger partial charge in [-0.15, -0.1) is 0 Å². The summed E-state index contributed by atoms with van der Waals surface area (Å²) in [6.45, 7) is 5.64. The van der Waals surface area contributed by atoms with Gasteiger partial charge < -0.3 is 5.32 Å². The van der Waals surface area contributed by atoms with Crippen molar-refractivity contribution in [2.45, 2.75) is 31.7 Å². The second-order valence-electron chi connectivity index (χ2n) is 7.39. The summed E-state index contributed by atoms with van der Waals surface area (Å²) in [4.78, 5) is 12.9. The van der Waals surface area contributed by atoms with Crippen LogP contribution in [0.2, 0.25) is 0 Å². The molecule has 5 nitrogen and oxygen atoms in total. The molecule has 0 saturated carbocycles. The first-order valence-electron chi connectivity index (χ1n) is 9.72. The van der Waals surface area contributed by atoms with E-state index in [0.29, 0.717) is 16.8 Å². The van der Waals surface area contributed by atoms with Gasteiger partial charge in [0.2, 0.25) is 0 Å². The second-order valence-corrected chi connectivity index (χ2v) is 9.36. The molecule has 0 unspecified atom stereocenters. The molecule has 1 N–H and O–H groups in total. The SMILES string of the molecule is Cc1ccc(S(=O)(=O)N(C)c2ccc(C(=O)N[C@H](C)c3ccccc3)cc2C)cc1. The number of carbonyl (C=O) groups excluding carboxylic acids is 1. The molecule has 0 aliphatic heterocycles. The number of hydrogen-bond acceptors (Lipinski definition) is 3. The zero-order valence-corrected chi connectivity index (χ0v) is 18.4. The Morgan fingerprint density at radius 2 is 1.57 bits per heavy atom. The summed E-state index contributed by atoms with van der Waals surface area (Å²) in [6.07, 6.45) is 0. The predicted molar refractivity (Wildman–Crippen MR) is 120 cm³/mol. The molecule has 0 aliphatic carbocycles. The van der Waals surface area contributed by atoms with Crippen molar-refractivity contribution in [3.05, 3.63) is 95.1 Å². The Kier molecular flexibility index (Phi) is 6.27. The maximum atomic E-state index is 13.0. The average Bonchev–Trinajstić information content (AvgIpc) is 2.74. The Balaban J connectivity index is 1.80. The van der Waals surface area contributed by atoms with Crippen LogP contribution in [-0.2, 0) is 10.0 Å². The Hall–Kier alpha value is -3.12. The molecule has 0 fully saturated rings. The Bertz CT molecular complexity index is 1140. The van der Waals surface area contributed by atoms with Gasteiger partial charge in [-0.1, -0.05) is 48.0 Å². The van der Waals surface area contributed by atoms with Crippen molar-refractivity contribution in [1.29, 1.82) is 0 Å². The number of benzene rings is 3. The molecule has 156 valence electrons. The zero-order chi connectivity index (χ0) is 21.9. The van der Waals surface area contributed by atoms with E-state index < -0.39 is 10.0 Å². The zero-order valence-electron chi connectivity index (χ0n) is 17.6. The normalized spacial score (nSPS) is 12.3. The van der Waals surface area contributed by atoms with Gasteiger partial charge in [0.1, 0.15) is 0 Å². The van der Waals surface area contributed by atoms with Crippen LogP contribution >= 0.6 is 0 Å². The first kappa shape index (κ1) is 21.6. The van der Waals surface area contributed by atoms with Gasteiger partial charge in [-0.25, -0.2) is 8.42 Å². The fourth-order valence-electron chi connectivity index (χ4n) is 3.25. The molecule has 30 heavy (non-hydrogen) atoms. The Labute approximate surface area is 178 Å². The molecule has 0 bridgehead atoms. The molecule has 3 aromatic carbocycles. The Morgan fingerprint density at radius 1 is 0.933 bits per heavy atom. The summed E-state index contributed by atoms with van der Waals surface area (Å²) in [6, 6.07) is 21.4. The van der Waals surface area contributed by atoms with E-state index in [1.165, 1.54) is 11.4 Å². The monoisotopic (exact) mass is 422 g/mol. The number of nitrogens with zero attached hydrogens (tertiary/aromatic N) is 1. The van der Waals surface area contributed by atoms with Gasteiger partial charge in [-0.05, 0) is 62.2 Å². The lowest BCUT2D eigenvalue weighted by molar-refractivity contribution is 0.0940. The smallest absolute Gasteiger partial charge is 0.264 e. The van der Waals surface area contributed by atoms with Crippen LogP contribution in [0, 0.1) is 13.8 Å². The molecule has 0 spiro atoms. The van der Waals surface area contributed by atoms with E-state index in [0.717, 1.165) is 11.1 Å². The van der Waals surface area contributed by atoms with Crippen LogP contribution in [0.5, 0.6) is 0 Å². The van der Waals surface area contributed by atoms with Crippen LogP contribution in [0.1, 0.15) is 40.0 Å². The number of amides is 1. The quantitative estimate of drug-likeness (QED) is 0.630. The summed E-state index contributed by atoms with van der Waals surface area (Å²) in [5.74, 6) is -0.204. The van der Waals surface area contributed by atoms with E-state index in [1.54, 1.807) is 49.4 Å². The third-order valence-electron chi connectivity index (χ3n) is 5.12. The van der Waals surface area contributed by atoms with Crippen molar-refractivity contribution in [2.24, 2.45) is 0 Å². The molecule has 0 radical (unpaired) electrons. The lowest BCUT2D eigenvalue weighted by Crippen LogP contribution is -2.28. The molecule has 3 rings (SSSR count). The highest BCUT2D eigenvalue weighted by Crippen LogP contribution is 2.26. The molecule has 0 heterocycles. The van der Waals surface area contributed by atoms with Crippen molar-refractivity contribution in [3.8, 4) is 0 Å². The standard InChI is InChI=1S/C24H26N2O3S/c1-17-10-13-22(14-11-17)30(28,29)26(4)23-15-12-21(16-18(23)2)24(27)25-19(3)20-8-6-5-7-9-20/h5-16,19H,1-4H3,(H,25,27)/t19-/m1/s1. The molecule has 0 aliphatic rings. The van der Waals surface area contributed by atoms with Crippen LogP contribution in [0.4, 0.5) is 5.69 Å². The molecule has 1 atom stereocenters. The van der Waals surface area contributed by atoms with Gasteiger partial charge in [0.15, 0.2) is 0 Å². The molecule has 3 aromatic rings. The lowest BCUT2D eigenvalue weighted by Gasteiger charge is -2.22. The van der Waals surface area contributed by atoms with Gasteiger partial charge in [0.05, 0.1) is 16.6 Å². The summed E-state index contributed by atoms with van der Waals surface area (Å²) < 4.78 is 27.2. The first-order valence-corrected chi connectivity index (χ1v) is 11.2. The van der Waals surface area contributed by atoms with Crippen LogP contribution in [-0.4, -0.2) is 21.4 Å². The van der Waals surface area contributed by atoms with Crippen LogP contribution in [0.25, 0.3) is 0 Å². The number of sulfonamides is 1. The lowest BCUT2D eigenvalue weighted by atomic mass is 10.1. The number of anilines is 1. The van der Waals surface area contributed by atoms with E-state index in [4.69, 9.17) is 0 Å². The third kappa shape index (κ3) is 4.54. The Morgan fingerprint density at radius 3 is 2.17 bits per heavy atom. The van der Waals surface area contributed by atoms with Crippen molar-refractivity contribution < 1.29 is 13.2 Å². The van der Waals surface area contributed by atoms with Crippen LogP contribution < -0.4 is 9.62 Å². The molecular weight excluding hydrogens is 396 g/mol. The van der Waals surface area contributed by atoms with Gasteiger partial charge >= 0.3 is 0 Å². The molecular formula is C24H26N2O3S. The minimum absolute atomic E-state index is 0.136. The third-order valence-corrected chi connectivity index (χ3v) is 6.91. The highest BCUT2D eigenvalue weighted by Gasteiger charge is 2.23. The number of rotatable bonds is 6. The number of carbonyl (C=O) groups is 1. The van der Waals surface area contributed by atoms with E-state index in [2.05, 4.69) is 5.32 Å². The van der Waals surface area contributed by atoms with Gasteiger partial charge in [-0.2, -0.15) is 0 Å². The topological polar surface area (TPSA) is 66.5 Å². The molecule has 0 saturated heterocycles. The molecule has 6 heteroatoms. The largest absolute Gasteiger partial charge is 0.346 e. The minimum atomic E-state index is -3.69. The number of aryl methyl sites for hydroxylation is 2. The van der Waals surface area contributed by atoms with Crippen molar-refractivity contribution >= 4 is 21.6 Å². The van der Waals surface area contributed by atoms with Crippen molar-refractivity contribution in [3.63, 3.8) is 0 Å². The van der Waals surface area contributed by atoms with E-state index >= 15 is 0 Å². The maximum absolute atomic E-state index is 13.0. The fourth-order valence-corrected chi connectivity index (χ4v) is 4.51. The van der Waals surface area contributed by atoms with Gasteiger partial charge in [0.25, 0.3) is 15.9 Å². The first-order chi connectivity index (χ1) is 14.2. The highest BCUT2D eigenvalue weighted by molar-refractivity contribution is 7.92. The van der Waals surface area contributed by atoms with Gasteiger partial charge in [-0.3, -0.25) is 9.10 Å². The fraction of sp³-hybridized carbons (Fsp3) is 0.208. The van der Waals surface area contributed by atoms with E-state index in [-0.39, 0.29) is 16.8 Å². The van der Waals surface area contributed by atoms with Gasteiger partial charge in [0, 0.05) is 12.6 Å². The highest BCUT2D eigenvalue weighted by atomic mass is 32.2. The summed E-state index contributed by atoms with van der Waals surface area (Å²) >= 11 is 0. The minimum Gasteiger partial charge on any atom is -0.346 e. The molecule has 0 aromatic heterocycles. The van der Waals surface area contributed by atoms with E-state index in [9.17, 15) is 13.2 Å². The number of nitrogens with one attached hydrogen (secondary N) is 1. The predicted octanol–water partition coefficient (Wildman–Crippen LogP) is 4.62. The van der Waals surface area contributed by atoms with Crippen LogP contribution in [0.15, 0.2) is 77.7 Å². The maximum Gasteiger partial charge on any atom is 0.264 e. The summed E-state index contributed by atoms with van der Waals surface area (Å²) in [5.41, 5.74) is 3.73. The van der Waals surface area contributed by atoms with Crippen LogP contribution in [0.3, 0.4) is 0 Å². The summed E-state index contributed by atoms with van der Waals surface area (Å²) in [5, 5.41) is 2.98.